The molecule has 0 heterocycles. The molecule has 4 nitrogen and oxygen atoms in total. The SMILES string of the molecule is CCc1cccc(CNC[C@H](O)[C@H](Cc2cc(F)cc(F)c2)NC(=O)c2ccc(F)c3ccccc23)c1. The van der Waals surface area contributed by atoms with Gasteiger partial charge in [0.05, 0.1) is 12.1 Å². The summed E-state index contributed by atoms with van der Waals surface area (Å²) in [7, 11) is 0. The van der Waals surface area contributed by atoms with Gasteiger partial charge in [-0.1, -0.05) is 55.5 Å². The van der Waals surface area contributed by atoms with Gasteiger partial charge in [-0.25, -0.2) is 13.2 Å². The maximum Gasteiger partial charge on any atom is 0.252 e. The number of benzene rings is 4. The Balaban J connectivity index is 1.53. The van der Waals surface area contributed by atoms with E-state index < -0.39 is 35.5 Å². The summed E-state index contributed by atoms with van der Waals surface area (Å²) in [6.45, 7) is 2.70. The second-order valence-electron chi connectivity index (χ2n) is 9.07. The molecule has 4 rings (SSSR count). The van der Waals surface area contributed by atoms with Crippen molar-refractivity contribution in [2.24, 2.45) is 0 Å². The molecule has 0 unspecified atom stereocenters. The Hall–Kier alpha value is -3.68. The van der Waals surface area contributed by atoms with Crippen LogP contribution in [0.4, 0.5) is 13.2 Å². The van der Waals surface area contributed by atoms with E-state index in [1.165, 1.54) is 29.8 Å². The first kappa shape index (κ1) is 26.4. The van der Waals surface area contributed by atoms with Crippen molar-refractivity contribution < 1.29 is 23.1 Å². The second kappa shape index (κ2) is 12.0. The molecule has 2 atom stereocenters. The molecular formula is C30H29F3N2O2. The Kier molecular flexibility index (Phi) is 8.58. The summed E-state index contributed by atoms with van der Waals surface area (Å²) in [5, 5.41) is 17.7. The molecule has 3 N–H and O–H groups in total. The van der Waals surface area contributed by atoms with Gasteiger partial charge in [0.25, 0.3) is 5.91 Å². The predicted octanol–water partition coefficient (Wildman–Crippen LogP) is 5.31. The van der Waals surface area contributed by atoms with Crippen LogP contribution in [0.1, 0.15) is 34.0 Å². The van der Waals surface area contributed by atoms with E-state index in [1.54, 1.807) is 24.3 Å². The van der Waals surface area contributed by atoms with Crippen LogP contribution in [0.3, 0.4) is 0 Å². The first-order valence-electron chi connectivity index (χ1n) is 12.2. The molecule has 0 aromatic heterocycles. The van der Waals surface area contributed by atoms with Gasteiger partial charge in [-0.15, -0.1) is 0 Å². The van der Waals surface area contributed by atoms with Crippen LogP contribution in [0.25, 0.3) is 10.8 Å². The average molecular weight is 507 g/mol. The summed E-state index contributed by atoms with van der Waals surface area (Å²) >= 11 is 0. The standard InChI is InChI=1S/C30H29F3N2O2/c1-2-19-6-5-7-20(12-19)17-34-18-29(36)28(15-21-13-22(31)16-23(32)14-21)35-30(37)26-10-11-27(33)25-9-4-3-8-24(25)26/h3-14,16,28-29,34,36H,2,15,17-18H2,1H3,(H,35,37)/t28-,29-/m0/s1. The predicted molar refractivity (Wildman–Crippen MR) is 139 cm³/mol. The van der Waals surface area contributed by atoms with Crippen LogP contribution in [-0.2, 0) is 19.4 Å². The van der Waals surface area contributed by atoms with Crippen molar-refractivity contribution in [2.45, 2.75) is 38.5 Å². The van der Waals surface area contributed by atoms with Gasteiger partial charge in [-0.3, -0.25) is 4.79 Å². The third kappa shape index (κ3) is 6.76. The van der Waals surface area contributed by atoms with Crippen LogP contribution in [0.5, 0.6) is 0 Å². The first-order valence-corrected chi connectivity index (χ1v) is 12.2. The highest BCUT2D eigenvalue weighted by Gasteiger charge is 2.24. The Morgan fingerprint density at radius 2 is 1.54 bits per heavy atom. The van der Waals surface area contributed by atoms with Gasteiger partial charge >= 0.3 is 0 Å². The molecule has 0 saturated carbocycles. The molecule has 4 aromatic rings. The first-order chi connectivity index (χ1) is 17.8. The highest BCUT2D eigenvalue weighted by atomic mass is 19.1. The number of carbonyl (C=O) groups excluding carboxylic acids is 1. The number of aliphatic hydroxyl groups excluding tert-OH is 1. The summed E-state index contributed by atoms with van der Waals surface area (Å²) in [6.07, 6.45) is -0.170. The van der Waals surface area contributed by atoms with E-state index in [1.807, 2.05) is 18.2 Å². The highest BCUT2D eigenvalue weighted by Crippen LogP contribution is 2.22. The van der Waals surface area contributed by atoms with Crippen LogP contribution >= 0.6 is 0 Å². The molecular weight excluding hydrogens is 477 g/mol. The van der Waals surface area contributed by atoms with Crippen molar-refractivity contribution in [3.8, 4) is 0 Å². The Bertz CT molecular complexity index is 1370. The normalized spacial score (nSPS) is 12.9. The number of nitrogens with one attached hydrogen (secondary N) is 2. The van der Waals surface area contributed by atoms with Crippen LogP contribution in [0.15, 0.2) is 78.9 Å². The third-order valence-corrected chi connectivity index (χ3v) is 6.36. The number of rotatable bonds is 10. The van der Waals surface area contributed by atoms with Crippen LogP contribution < -0.4 is 10.6 Å². The molecule has 0 aliphatic heterocycles. The van der Waals surface area contributed by atoms with Crippen molar-refractivity contribution in [1.82, 2.24) is 10.6 Å². The van der Waals surface area contributed by atoms with Crippen molar-refractivity contribution in [3.05, 3.63) is 119 Å². The molecule has 0 spiro atoms. The number of fused-ring (bicyclic) bond motifs is 1. The van der Waals surface area contributed by atoms with Crippen molar-refractivity contribution in [3.63, 3.8) is 0 Å². The number of hydrogen-bond acceptors (Lipinski definition) is 3. The molecule has 0 bridgehead atoms. The lowest BCUT2D eigenvalue weighted by molar-refractivity contribution is 0.0831. The quantitative estimate of drug-likeness (QED) is 0.273. The van der Waals surface area contributed by atoms with Gasteiger partial charge in [0.1, 0.15) is 17.5 Å². The number of carbonyl (C=O) groups is 1. The number of halogens is 3. The van der Waals surface area contributed by atoms with Gasteiger partial charge in [-0.05, 0) is 59.2 Å². The fraction of sp³-hybridized carbons (Fsp3) is 0.233. The van der Waals surface area contributed by atoms with E-state index in [4.69, 9.17) is 0 Å². The molecule has 1 amide bonds. The van der Waals surface area contributed by atoms with E-state index >= 15 is 0 Å². The molecule has 7 heteroatoms. The highest BCUT2D eigenvalue weighted by molar-refractivity contribution is 6.07. The Labute approximate surface area is 214 Å². The minimum atomic E-state index is -1.07. The lowest BCUT2D eigenvalue weighted by atomic mass is 9.98. The topological polar surface area (TPSA) is 61.4 Å². The summed E-state index contributed by atoms with van der Waals surface area (Å²) < 4.78 is 41.9. The number of amides is 1. The average Bonchev–Trinajstić information content (AvgIpc) is 2.88. The molecule has 0 aliphatic rings. The van der Waals surface area contributed by atoms with Gasteiger partial charge in [0.15, 0.2) is 0 Å². The van der Waals surface area contributed by atoms with E-state index in [0.29, 0.717) is 22.9 Å². The molecule has 0 aliphatic carbocycles. The lowest BCUT2D eigenvalue weighted by Crippen LogP contribution is -2.48. The third-order valence-electron chi connectivity index (χ3n) is 6.36. The zero-order valence-corrected chi connectivity index (χ0v) is 20.5. The number of hydrogen-bond donors (Lipinski definition) is 3. The molecule has 192 valence electrons. The molecule has 0 radical (unpaired) electrons. The van der Waals surface area contributed by atoms with Crippen molar-refractivity contribution >= 4 is 16.7 Å². The van der Waals surface area contributed by atoms with E-state index in [9.17, 15) is 23.1 Å². The molecule has 4 aromatic carbocycles. The molecule has 37 heavy (non-hydrogen) atoms. The van der Waals surface area contributed by atoms with Gasteiger partial charge in [0, 0.05) is 30.1 Å². The van der Waals surface area contributed by atoms with Crippen LogP contribution in [-0.4, -0.2) is 29.7 Å². The Morgan fingerprint density at radius 1 is 0.838 bits per heavy atom. The Morgan fingerprint density at radius 3 is 2.27 bits per heavy atom. The van der Waals surface area contributed by atoms with Gasteiger partial charge < -0.3 is 15.7 Å². The lowest BCUT2D eigenvalue weighted by Gasteiger charge is -2.25. The van der Waals surface area contributed by atoms with E-state index in [0.717, 1.165) is 18.1 Å². The molecule has 0 fully saturated rings. The summed E-state index contributed by atoms with van der Waals surface area (Å²) in [4.78, 5) is 13.3. The van der Waals surface area contributed by atoms with Crippen LogP contribution in [0, 0.1) is 17.5 Å². The van der Waals surface area contributed by atoms with Gasteiger partial charge in [0.2, 0.25) is 0 Å². The summed E-state index contributed by atoms with van der Waals surface area (Å²) in [5.41, 5.74) is 2.78. The zero-order valence-electron chi connectivity index (χ0n) is 20.5. The van der Waals surface area contributed by atoms with Gasteiger partial charge in [-0.2, -0.15) is 0 Å². The minimum Gasteiger partial charge on any atom is -0.390 e. The summed E-state index contributed by atoms with van der Waals surface area (Å²) in [5.74, 6) is -2.45. The minimum absolute atomic E-state index is 0.00624. The van der Waals surface area contributed by atoms with Crippen molar-refractivity contribution in [1.29, 1.82) is 0 Å². The molecule has 0 saturated heterocycles. The fourth-order valence-corrected chi connectivity index (χ4v) is 4.44. The fourth-order valence-electron chi connectivity index (χ4n) is 4.44. The largest absolute Gasteiger partial charge is 0.390 e. The van der Waals surface area contributed by atoms with E-state index in [2.05, 4.69) is 23.6 Å². The van der Waals surface area contributed by atoms with Crippen molar-refractivity contribution in [2.75, 3.05) is 6.54 Å². The number of aryl methyl sites for hydroxylation is 1. The summed E-state index contributed by atoms with van der Waals surface area (Å²) in [6, 6.07) is 19.5. The monoisotopic (exact) mass is 506 g/mol. The number of aliphatic hydroxyl groups is 1. The second-order valence-corrected chi connectivity index (χ2v) is 9.07. The maximum atomic E-state index is 14.3. The maximum absolute atomic E-state index is 14.3. The zero-order chi connectivity index (χ0) is 26.4. The van der Waals surface area contributed by atoms with Crippen LogP contribution in [0.2, 0.25) is 0 Å². The van der Waals surface area contributed by atoms with E-state index in [-0.39, 0.29) is 18.5 Å². The smallest absolute Gasteiger partial charge is 0.252 e.